The van der Waals surface area contributed by atoms with Gasteiger partial charge in [0.2, 0.25) is 0 Å². The molecular formula is C94H65BBrO2. The van der Waals surface area contributed by atoms with Gasteiger partial charge >= 0.3 is 7.69 Å². The first-order valence-electron chi connectivity index (χ1n) is 33.8. The third kappa shape index (κ3) is 9.72. The largest absolute Gasteiger partial charge is 0.569 e. The minimum Gasteiger partial charge on any atom is -0.537 e. The van der Waals surface area contributed by atoms with Crippen LogP contribution in [-0.4, -0.2) is 12.7 Å². The molecule has 4 heteroatoms. The maximum atomic E-state index is 8.96. The maximum absolute atomic E-state index is 8.96. The Kier molecular flexibility index (Phi) is 14.1. The molecule has 1 N–H and O–H groups in total. The molecule has 0 spiro atoms. The Morgan fingerprint density at radius 2 is 0.582 bits per heavy atom. The van der Waals surface area contributed by atoms with Gasteiger partial charge in [0.25, 0.3) is 0 Å². The summed E-state index contributed by atoms with van der Waals surface area (Å²) in [6.07, 6.45) is 0. The predicted molar refractivity (Wildman–Crippen MR) is 417 cm³/mol. The Hall–Kier alpha value is -11.1. The third-order valence-corrected chi connectivity index (χ3v) is 21.9. The van der Waals surface area contributed by atoms with Crippen molar-refractivity contribution in [1.82, 2.24) is 0 Å². The minimum atomic E-state index is -0.133. The Balaban J connectivity index is 0.000000116. The Bertz CT molecular complexity index is 5930. The number of halogens is 1. The molecule has 98 heavy (non-hydrogen) atoms. The molecule has 0 bridgehead atoms. The van der Waals surface area contributed by atoms with Gasteiger partial charge in [-0.3, -0.25) is 0 Å². The van der Waals surface area contributed by atoms with E-state index in [9.17, 15) is 0 Å². The van der Waals surface area contributed by atoms with Gasteiger partial charge in [0.15, 0.2) is 0 Å². The van der Waals surface area contributed by atoms with Crippen molar-refractivity contribution < 1.29 is 9.68 Å². The van der Waals surface area contributed by atoms with E-state index in [1.54, 1.807) is 0 Å². The van der Waals surface area contributed by atoms with Crippen LogP contribution in [0.25, 0.3) is 165 Å². The van der Waals surface area contributed by atoms with E-state index in [1.807, 2.05) is 12.1 Å². The third-order valence-electron chi connectivity index (χ3n) is 21.4. The molecule has 0 aromatic heterocycles. The van der Waals surface area contributed by atoms with Gasteiger partial charge < -0.3 is 9.68 Å². The van der Waals surface area contributed by atoms with Crippen LogP contribution in [0.1, 0.15) is 49.9 Å². The second kappa shape index (κ2) is 23.3. The van der Waals surface area contributed by atoms with Crippen molar-refractivity contribution in [3.63, 3.8) is 0 Å². The van der Waals surface area contributed by atoms with Gasteiger partial charge in [-0.05, 0) is 248 Å². The number of hydrogen-bond donors (Lipinski definition) is 1. The van der Waals surface area contributed by atoms with Gasteiger partial charge in [-0.1, -0.05) is 298 Å². The zero-order valence-electron chi connectivity index (χ0n) is 54.8. The van der Waals surface area contributed by atoms with Crippen LogP contribution in [0, 0.1) is 0 Å². The van der Waals surface area contributed by atoms with E-state index < -0.39 is 0 Å². The van der Waals surface area contributed by atoms with Crippen molar-refractivity contribution >= 4 is 66.7 Å². The molecule has 0 atom stereocenters. The van der Waals surface area contributed by atoms with E-state index in [0.717, 1.165) is 12.2 Å². The average Bonchev–Trinajstić information content (AvgIpc) is 1.59. The summed E-state index contributed by atoms with van der Waals surface area (Å²) < 4.78 is 6.30. The molecule has 0 unspecified atom stereocenters. The number of fused-ring (bicyclic) bond motifs is 14. The van der Waals surface area contributed by atoms with Gasteiger partial charge in [0, 0.05) is 15.3 Å². The summed E-state index contributed by atoms with van der Waals surface area (Å²) in [7, 11) is 0.731. The second-order valence-corrected chi connectivity index (χ2v) is 28.5. The standard InChI is InChI=1S/C47H32.C25H20BO2.C22H13Br/c1-47(2)44-27-33(19-21-39(44)40-22-20-34(28-45(40)47)32-18-17-29-9-3-4-10-30(29)25-32)31-11-7-12-35(26-31)36-23-24-43-38-14-6-5-13-37(38)42-16-8-15-41(36)46(42)43;1-25(2)23-14-19(18-8-7-16-5-3-4-6-17(16)13-18)9-11-21(23)22-12-10-20(28-26-27)15-24(22)25;23-15-6-3-5-14(13-15)16-11-12-21-18-8-2-1-7-17(18)20-10-4-9-19(16)22(20)21/h3-28H,1-2H3;3-15,27H,1-2H3;1-13H. The lowest BCUT2D eigenvalue weighted by molar-refractivity contribution is 0.453. The zero-order chi connectivity index (χ0) is 66.0. The van der Waals surface area contributed by atoms with E-state index in [4.69, 9.17) is 9.68 Å². The van der Waals surface area contributed by atoms with Crippen LogP contribution >= 0.6 is 15.9 Å². The highest BCUT2D eigenvalue weighted by Gasteiger charge is 2.38. The van der Waals surface area contributed by atoms with Crippen LogP contribution in [0.2, 0.25) is 0 Å². The summed E-state index contributed by atoms with van der Waals surface area (Å²) >= 11 is 3.59. The highest BCUT2D eigenvalue weighted by atomic mass is 79.9. The molecule has 16 aromatic carbocycles. The lowest BCUT2D eigenvalue weighted by atomic mass is 9.80. The van der Waals surface area contributed by atoms with Crippen molar-refractivity contribution in [3.05, 3.63) is 342 Å². The normalized spacial score (nSPS) is 13.2. The number of hydrogen-bond acceptors (Lipinski definition) is 2. The summed E-state index contributed by atoms with van der Waals surface area (Å²) in [6, 6.07) is 115. The first-order chi connectivity index (χ1) is 47.9. The fraction of sp³-hybridized carbons (Fsp3) is 0.0638. The van der Waals surface area contributed by atoms with E-state index in [1.165, 1.54) is 188 Å². The molecule has 16 aromatic rings. The molecule has 2 nitrogen and oxygen atoms in total. The molecule has 1 radical (unpaired) electrons. The first-order valence-corrected chi connectivity index (χ1v) is 34.6. The maximum Gasteiger partial charge on any atom is 0.569 e. The van der Waals surface area contributed by atoms with Crippen molar-refractivity contribution in [2.45, 2.75) is 38.5 Å². The summed E-state index contributed by atoms with van der Waals surface area (Å²) in [5.74, 6) is 0.650. The molecule has 4 aliphatic carbocycles. The summed E-state index contributed by atoms with van der Waals surface area (Å²) in [5.41, 5.74) is 33.7. The van der Waals surface area contributed by atoms with Crippen LogP contribution in [-0.2, 0) is 10.8 Å². The highest BCUT2D eigenvalue weighted by molar-refractivity contribution is 9.10. The van der Waals surface area contributed by atoms with Crippen molar-refractivity contribution in [3.8, 4) is 128 Å². The summed E-state index contributed by atoms with van der Waals surface area (Å²) in [4.78, 5) is 0. The topological polar surface area (TPSA) is 29.5 Å². The monoisotopic (exact) mass is 1320 g/mol. The van der Waals surface area contributed by atoms with E-state index >= 15 is 0 Å². The fourth-order valence-corrected chi connectivity index (χ4v) is 16.9. The number of benzene rings is 16. The van der Waals surface area contributed by atoms with Gasteiger partial charge in [-0.2, -0.15) is 0 Å². The molecular weight excluding hydrogens is 1250 g/mol. The molecule has 4 aliphatic rings. The summed E-state index contributed by atoms with van der Waals surface area (Å²) in [6.45, 7) is 9.25. The Labute approximate surface area is 581 Å². The minimum absolute atomic E-state index is 0.0994. The van der Waals surface area contributed by atoms with Crippen LogP contribution in [0.3, 0.4) is 0 Å². The molecule has 0 saturated heterocycles. The highest BCUT2D eigenvalue weighted by Crippen LogP contribution is 2.55. The molecule has 0 aliphatic heterocycles. The van der Waals surface area contributed by atoms with Crippen LogP contribution in [0.15, 0.2) is 320 Å². The Morgan fingerprint density at radius 1 is 0.255 bits per heavy atom. The summed E-state index contributed by atoms with van der Waals surface area (Å²) in [5, 5.41) is 19.4. The predicted octanol–water partition coefficient (Wildman–Crippen LogP) is 25.6. The second-order valence-electron chi connectivity index (χ2n) is 27.5. The lowest BCUT2D eigenvalue weighted by Crippen LogP contribution is -2.15. The van der Waals surface area contributed by atoms with Crippen LogP contribution in [0.4, 0.5) is 0 Å². The fourth-order valence-electron chi connectivity index (χ4n) is 16.5. The van der Waals surface area contributed by atoms with Crippen LogP contribution < -0.4 is 4.65 Å². The number of rotatable bonds is 7. The van der Waals surface area contributed by atoms with Crippen molar-refractivity contribution in [1.29, 1.82) is 0 Å². The molecule has 0 fully saturated rings. The van der Waals surface area contributed by atoms with Gasteiger partial charge in [-0.15, -0.1) is 0 Å². The van der Waals surface area contributed by atoms with E-state index in [0.29, 0.717) is 5.75 Å². The Morgan fingerprint density at radius 3 is 1.04 bits per heavy atom. The first kappa shape index (κ1) is 59.4. The van der Waals surface area contributed by atoms with Gasteiger partial charge in [0.1, 0.15) is 5.75 Å². The molecule has 0 saturated carbocycles. The smallest absolute Gasteiger partial charge is 0.537 e. The van der Waals surface area contributed by atoms with E-state index in [-0.39, 0.29) is 10.8 Å². The van der Waals surface area contributed by atoms with Crippen molar-refractivity contribution in [2.24, 2.45) is 0 Å². The average molecular weight is 1320 g/mol. The molecule has 20 rings (SSSR count). The quantitative estimate of drug-likeness (QED) is 0.161. The zero-order valence-corrected chi connectivity index (χ0v) is 56.4. The van der Waals surface area contributed by atoms with Gasteiger partial charge in [-0.25, -0.2) is 0 Å². The molecule has 0 heterocycles. The van der Waals surface area contributed by atoms with Crippen LogP contribution in [0.5, 0.6) is 5.75 Å². The van der Waals surface area contributed by atoms with E-state index in [2.05, 4.69) is 347 Å². The molecule has 0 amide bonds. The SMILES string of the molecule is Brc1cccc(-c2ccc3c4c(cccc24)-c2ccccc2-3)c1.CC1(C)c2cc(-c3cccc(-c4ccc5c6c(cccc46)-c4ccccc4-5)c3)ccc2-c2ccc(-c3ccc4ccccc4c3)cc21.CC1(C)c2cc(O[B]O)ccc2-c2ccc(-c3ccc4ccccc4c3)cc21. The lowest BCUT2D eigenvalue weighted by Gasteiger charge is -2.23. The molecule has 463 valence electrons. The van der Waals surface area contributed by atoms with Crippen molar-refractivity contribution in [2.75, 3.05) is 0 Å². The van der Waals surface area contributed by atoms with Gasteiger partial charge in [0.05, 0.1) is 0 Å².